The van der Waals surface area contributed by atoms with Gasteiger partial charge in [0.2, 0.25) is 0 Å². The number of rotatable bonds is 9. The molecule has 2 atom stereocenters. The highest BCUT2D eigenvalue weighted by Crippen LogP contribution is 2.10. The molecule has 14 heavy (non-hydrogen) atoms. The molecule has 4 N–H and O–H groups in total. The molecule has 4 nitrogen and oxygen atoms in total. The lowest BCUT2D eigenvalue weighted by atomic mass is 10.0. The van der Waals surface area contributed by atoms with Gasteiger partial charge in [-0.1, -0.05) is 0 Å². The molecule has 0 fully saturated rings. The largest absolute Gasteiger partial charge is 0.396 e. The Balaban J connectivity index is 3.39. The smallest absolute Gasteiger partial charge is 0.0799 e. The van der Waals surface area contributed by atoms with Gasteiger partial charge in [0, 0.05) is 13.2 Å². The summed E-state index contributed by atoms with van der Waals surface area (Å²) in [6.07, 6.45) is 2.46. The quantitative estimate of drug-likeness (QED) is 0.401. The number of aliphatic hydroxyl groups excluding tert-OH is 4. The van der Waals surface area contributed by atoms with Crippen LogP contribution in [-0.4, -0.2) is 45.8 Å². The minimum absolute atomic E-state index is 0.132. The van der Waals surface area contributed by atoms with Crippen molar-refractivity contribution in [3.8, 4) is 0 Å². The van der Waals surface area contributed by atoms with Gasteiger partial charge in [-0.15, -0.1) is 0 Å². The van der Waals surface area contributed by atoms with Gasteiger partial charge in [-0.2, -0.15) is 0 Å². The van der Waals surface area contributed by atoms with Crippen molar-refractivity contribution >= 4 is 0 Å². The van der Waals surface area contributed by atoms with Crippen LogP contribution in [-0.2, 0) is 0 Å². The van der Waals surface area contributed by atoms with E-state index >= 15 is 0 Å². The van der Waals surface area contributed by atoms with Gasteiger partial charge in [0.05, 0.1) is 12.2 Å². The molecule has 0 aromatic rings. The molecular weight excluding hydrogens is 184 g/mol. The highest BCUT2D eigenvalue weighted by molar-refractivity contribution is 4.67. The summed E-state index contributed by atoms with van der Waals surface area (Å²) in [6.45, 7) is 0.265. The van der Waals surface area contributed by atoms with Gasteiger partial charge in [0.15, 0.2) is 0 Å². The van der Waals surface area contributed by atoms with Crippen LogP contribution in [0.2, 0.25) is 0 Å². The van der Waals surface area contributed by atoms with Crippen LogP contribution in [0.4, 0.5) is 0 Å². The topological polar surface area (TPSA) is 80.9 Å². The first-order chi connectivity index (χ1) is 6.72. The molecule has 0 radical (unpaired) electrons. The summed E-state index contributed by atoms with van der Waals surface area (Å²) in [5.41, 5.74) is 0. The zero-order chi connectivity index (χ0) is 10.8. The van der Waals surface area contributed by atoms with Crippen molar-refractivity contribution in [1.82, 2.24) is 0 Å². The number of hydrogen-bond donors (Lipinski definition) is 4. The SMILES string of the molecule is OCCCCC(O)C(O)CCCCO. The molecule has 4 heteroatoms. The second-order valence-electron chi connectivity index (χ2n) is 3.57. The van der Waals surface area contributed by atoms with Crippen LogP contribution in [0.15, 0.2) is 0 Å². The average Bonchev–Trinajstić information content (AvgIpc) is 2.18. The van der Waals surface area contributed by atoms with Crippen molar-refractivity contribution in [2.75, 3.05) is 13.2 Å². The summed E-state index contributed by atoms with van der Waals surface area (Å²) in [4.78, 5) is 0. The summed E-state index contributed by atoms with van der Waals surface area (Å²) >= 11 is 0. The third-order valence-electron chi connectivity index (χ3n) is 2.26. The molecule has 0 aromatic carbocycles. The van der Waals surface area contributed by atoms with E-state index in [0.717, 1.165) is 12.8 Å². The van der Waals surface area contributed by atoms with Crippen LogP contribution in [0.25, 0.3) is 0 Å². The van der Waals surface area contributed by atoms with Crippen LogP contribution in [0, 0.1) is 0 Å². The normalized spacial score (nSPS) is 15.4. The Hall–Kier alpha value is -0.160. The Morgan fingerprint density at radius 1 is 0.643 bits per heavy atom. The van der Waals surface area contributed by atoms with Crippen LogP contribution < -0.4 is 0 Å². The summed E-state index contributed by atoms with van der Waals surface area (Å²) in [7, 11) is 0. The third-order valence-corrected chi connectivity index (χ3v) is 2.26. The summed E-state index contributed by atoms with van der Waals surface area (Å²) in [6, 6.07) is 0. The Morgan fingerprint density at radius 3 is 1.29 bits per heavy atom. The Morgan fingerprint density at radius 2 is 1.00 bits per heavy atom. The fourth-order valence-electron chi connectivity index (χ4n) is 1.32. The zero-order valence-electron chi connectivity index (χ0n) is 8.60. The van der Waals surface area contributed by atoms with Crippen LogP contribution in [0.3, 0.4) is 0 Å². The van der Waals surface area contributed by atoms with E-state index in [0.29, 0.717) is 25.7 Å². The number of hydrogen-bond acceptors (Lipinski definition) is 4. The van der Waals surface area contributed by atoms with E-state index in [1.165, 1.54) is 0 Å². The van der Waals surface area contributed by atoms with Gasteiger partial charge in [0.25, 0.3) is 0 Å². The third kappa shape index (κ3) is 7.26. The lowest BCUT2D eigenvalue weighted by molar-refractivity contribution is 0.00616. The molecule has 0 aliphatic carbocycles. The van der Waals surface area contributed by atoms with Gasteiger partial charge >= 0.3 is 0 Å². The van der Waals surface area contributed by atoms with Crippen molar-refractivity contribution < 1.29 is 20.4 Å². The fraction of sp³-hybridized carbons (Fsp3) is 1.00. The van der Waals surface area contributed by atoms with Crippen molar-refractivity contribution in [3.63, 3.8) is 0 Å². The molecule has 0 saturated heterocycles. The lowest BCUT2D eigenvalue weighted by Gasteiger charge is -2.17. The van der Waals surface area contributed by atoms with E-state index in [-0.39, 0.29) is 13.2 Å². The van der Waals surface area contributed by atoms with Crippen LogP contribution >= 0.6 is 0 Å². The van der Waals surface area contributed by atoms with Gasteiger partial charge in [-0.3, -0.25) is 0 Å². The molecular formula is C10H22O4. The first kappa shape index (κ1) is 13.8. The molecule has 2 unspecified atom stereocenters. The molecule has 0 spiro atoms. The summed E-state index contributed by atoms with van der Waals surface area (Å²) in [5.74, 6) is 0. The average molecular weight is 206 g/mol. The van der Waals surface area contributed by atoms with E-state index in [1.807, 2.05) is 0 Å². The maximum Gasteiger partial charge on any atom is 0.0799 e. The Bertz CT molecular complexity index is 105. The lowest BCUT2D eigenvalue weighted by Crippen LogP contribution is -2.25. The molecule has 0 bridgehead atoms. The second kappa shape index (κ2) is 9.40. The first-order valence-corrected chi connectivity index (χ1v) is 5.30. The molecule has 86 valence electrons. The van der Waals surface area contributed by atoms with E-state index in [2.05, 4.69) is 0 Å². The van der Waals surface area contributed by atoms with Crippen LogP contribution in [0.5, 0.6) is 0 Å². The standard InChI is InChI=1S/C10H22O4/c11-7-3-1-5-9(13)10(14)6-2-4-8-12/h9-14H,1-8H2. The van der Waals surface area contributed by atoms with E-state index < -0.39 is 12.2 Å². The highest BCUT2D eigenvalue weighted by atomic mass is 16.3. The van der Waals surface area contributed by atoms with Gasteiger partial charge in [-0.25, -0.2) is 0 Å². The second-order valence-corrected chi connectivity index (χ2v) is 3.57. The van der Waals surface area contributed by atoms with Gasteiger partial charge < -0.3 is 20.4 Å². The van der Waals surface area contributed by atoms with E-state index in [9.17, 15) is 10.2 Å². The van der Waals surface area contributed by atoms with Gasteiger partial charge in [0.1, 0.15) is 0 Å². The van der Waals surface area contributed by atoms with Crippen molar-refractivity contribution in [3.05, 3.63) is 0 Å². The number of aliphatic hydroxyl groups is 4. The monoisotopic (exact) mass is 206 g/mol. The van der Waals surface area contributed by atoms with E-state index in [1.54, 1.807) is 0 Å². The molecule has 0 rings (SSSR count). The first-order valence-electron chi connectivity index (χ1n) is 5.30. The predicted molar refractivity (Wildman–Crippen MR) is 53.9 cm³/mol. The maximum atomic E-state index is 9.45. The fourth-order valence-corrected chi connectivity index (χ4v) is 1.32. The molecule has 0 aliphatic heterocycles. The summed E-state index contributed by atoms with van der Waals surface area (Å²) < 4.78 is 0. The van der Waals surface area contributed by atoms with Crippen LogP contribution in [0.1, 0.15) is 38.5 Å². The minimum Gasteiger partial charge on any atom is -0.396 e. The minimum atomic E-state index is -0.694. The van der Waals surface area contributed by atoms with Crippen molar-refractivity contribution in [1.29, 1.82) is 0 Å². The predicted octanol–water partition coefficient (Wildman–Crippen LogP) is 0.0334. The Labute approximate surface area is 85.2 Å². The van der Waals surface area contributed by atoms with E-state index in [4.69, 9.17) is 10.2 Å². The molecule has 0 aromatic heterocycles. The molecule has 0 aliphatic rings. The number of unbranched alkanes of at least 4 members (excludes halogenated alkanes) is 2. The van der Waals surface area contributed by atoms with Gasteiger partial charge in [-0.05, 0) is 38.5 Å². The molecule has 0 amide bonds. The van der Waals surface area contributed by atoms with Crippen molar-refractivity contribution in [2.45, 2.75) is 50.7 Å². The molecule has 0 saturated carbocycles. The Kier molecular flexibility index (Phi) is 9.29. The zero-order valence-corrected chi connectivity index (χ0v) is 8.60. The van der Waals surface area contributed by atoms with Crippen molar-refractivity contribution in [2.24, 2.45) is 0 Å². The highest BCUT2D eigenvalue weighted by Gasteiger charge is 2.14. The molecule has 0 heterocycles. The summed E-state index contributed by atoms with van der Waals surface area (Å²) in [5, 5.41) is 35.9. The maximum absolute atomic E-state index is 9.45.